The molecule has 2 nitrogen and oxygen atoms in total. The summed E-state index contributed by atoms with van der Waals surface area (Å²) in [6.07, 6.45) is 6.21. The molecule has 0 aromatic heterocycles. The molecular weight excluding hydrogens is 280 g/mol. The summed E-state index contributed by atoms with van der Waals surface area (Å²) in [5, 5.41) is 0. The molecule has 1 aliphatic rings. The fourth-order valence-electron chi connectivity index (χ4n) is 2.71. The molecule has 0 saturated heterocycles. The highest BCUT2D eigenvalue weighted by atomic mass is 14.8. The maximum Gasteiger partial charge on any atom is 0.0952 e. The van der Waals surface area contributed by atoms with E-state index in [0.717, 1.165) is 29.7 Å². The molecule has 0 radical (unpaired) electrons. The maximum absolute atomic E-state index is 4.47. The Bertz CT molecular complexity index is 753. The summed E-state index contributed by atoms with van der Waals surface area (Å²) in [5.74, 6) is 6.37. The van der Waals surface area contributed by atoms with Gasteiger partial charge in [0.1, 0.15) is 0 Å². The average molecular weight is 300 g/mol. The van der Waals surface area contributed by atoms with Gasteiger partial charge in [-0.3, -0.25) is 0 Å². The van der Waals surface area contributed by atoms with Crippen molar-refractivity contribution in [3.63, 3.8) is 0 Å². The molecule has 1 fully saturated rings. The van der Waals surface area contributed by atoms with Crippen LogP contribution in [0.4, 0.5) is 5.69 Å². The van der Waals surface area contributed by atoms with Gasteiger partial charge in [0, 0.05) is 5.56 Å². The van der Waals surface area contributed by atoms with Crippen molar-refractivity contribution in [2.45, 2.75) is 38.1 Å². The monoisotopic (exact) mass is 300 g/mol. The molecule has 0 unspecified atom stereocenters. The highest BCUT2D eigenvalue weighted by Crippen LogP contribution is 2.20. The zero-order chi connectivity index (χ0) is 15.7. The molecule has 0 atom stereocenters. The second kappa shape index (κ2) is 8.13. The minimum Gasteiger partial charge on any atom is -0.222 e. The first-order valence-corrected chi connectivity index (χ1v) is 8.23. The van der Waals surface area contributed by atoms with Gasteiger partial charge in [-0.15, -0.1) is 0 Å². The van der Waals surface area contributed by atoms with Crippen molar-refractivity contribution in [3.05, 3.63) is 65.7 Å². The lowest BCUT2D eigenvalue weighted by Crippen LogP contribution is -2.08. The van der Waals surface area contributed by atoms with Crippen molar-refractivity contribution in [2.24, 2.45) is 9.98 Å². The minimum atomic E-state index is 0.398. The van der Waals surface area contributed by atoms with Crippen molar-refractivity contribution in [1.29, 1.82) is 0 Å². The largest absolute Gasteiger partial charge is 0.222 e. The number of hydrogen-bond acceptors (Lipinski definition) is 2. The molecule has 2 aromatic rings. The van der Waals surface area contributed by atoms with Gasteiger partial charge in [-0.2, -0.15) is 4.99 Å². The van der Waals surface area contributed by atoms with Gasteiger partial charge in [0.2, 0.25) is 0 Å². The highest BCUT2D eigenvalue weighted by molar-refractivity contribution is 5.62. The van der Waals surface area contributed by atoms with Crippen molar-refractivity contribution in [1.82, 2.24) is 0 Å². The Labute approximate surface area is 138 Å². The number of para-hydroxylation sites is 1. The van der Waals surface area contributed by atoms with E-state index in [0.29, 0.717) is 6.04 Å². The van der Waals surface area contributed by atoms with Crippen LogP contribution in [0.1, 0.15) is 43.2 Å². The zero-order valence-electron chi connectivity index (χ0n) is 13.2. The zero-order valence-corrected chi connectivity index (χ0v) is 13.2. The van der Waals surface area contributed by atoms with Gasteiger partial charge in [0.25, 0.3) is 0 Å². The van der Waals surface area contributed by atoms with E-state index in [4.69, 9.17) is 0 Å². The molecular formula is C21H20N2. The van der Waals surface area contributed by atoms with Crippen LogP contribution < -0.4 is 0 Å². The number of hydrogen-bond donors (Lipinski definition) is 0. The van der Waals surface area contributed by atoms with Gasteiger partial charge < -0.3 is 0 Å². The van der Waals surface area contributed by atoms with E-state index in [1.165, 1.54) is 19.3 Å². The number of aliphatic imine (C=N–C) groups is 2. The van der Waals surface area contributed by atoms with Gasteiger partial charge >= 0.3 is 0 Å². The van der Waals surface area contributed by atoms with Gasteiger partial charge in [-0.25, -0.2) is 4.99 Å². The van der Waals surface area contributed by atoms with Gasteiger partial charge in [0.05, 0.1) is 23.3 Å². The van der Waals surface area contributed by atoms with Crippen LogP contribution in [0.25, 0.3) is 0 Å². The van der Waals surface area contributed by atoms with E-state index in [1.54, 1.807) is 0 Å². The fourth-order valence-corrected chi connectivity index (χ4v) is 2.71. The quantitative estimate of drug-likeness (QED) is 0.536. The molecule has 114 valence electrons. The van der Waals surface area contributed by atoms with E-state index < -0.39 is 0 Å². The average Bonchev–Trinajstić information content (AvgIpc) is 2.63. The van der Waals surface area contributed by atoms with E-state index >= 15 is 0 Å². The predicted octanol–water partition coefficient (Wildman–Crippen LogP) is 5.22. The Kier molecular flexibility index (Phi) is 5.40. The lowest BCUT2D eigenvalue weighted by molar-refractivity contribution is 0.444. The van der Waals surface area contributed by atoms with Crippen LogP contribution in [0.5, 0.6) is 0 Å². The topological polar surface area (TPSA) is 24.7 Å². The van der Waals surface area contributed by atoms with Gasteiger partial charge in [-0.05, 0) is 37.1 Å². The molecule has 0 N–H and O–H groups in total. The normalized spacial score (nSPS) is 14.3. The summed E-state index contributed by atoms with van der Waals surface area (Å²) in [6.45, 7) is 0. The van der Waals surface area contributed by atoms with Crippen LogP contribution in [-0.2, 0) is 0 Å². The second-order valence-corrected chi connectivity index (χ2v) is 5.77. The van der Waals surface area contributed by atoms with Crippen LogP contribution in [0.2, 0.25) is 0 Å². The van der Waals surface area contributed by atoms with Crippen molar-refractivity contribution < 1.29 is 0 Å². The predicted molar refractivity (Wildman–Crippen MR) is 95.3 cm³/mol. The molecule has 23 heavy (non-hydrogen) atoms. The molecule has 0 amide bonds. The lowest BCUT2D eigenvalue weighted by Gasteiger charge is -2.15. The highest BCUT2D eigenvalue weighted by Gasteiger charge is 2.10. The smallest absolute Gasteiger partial charge is 0.0952 e. The fraction of sp³-hybridized carbons (Fsp3) is 0.286. The second-order valence-electron chi connectivity index (χ2n) is 5.77. The molecule has 0 aliphatic heterocycles. The van der Waals surface area contributed by atoms with Crippen molar-refractivity contribution in [2.75, 3.05) is 0 Å². The summed E-state index contributed by atoms with van der Waals surface area (Å²) in [7, 11) is 0. The summed E-state index contributed by atoms with van der Waals surface area (Å²) in [5.41, 5.74) is 2.74. The third-order valence-electron chi connectivity index (χ3n) is 4.00. The van der Waals surface area contributed by atoms with Crippen LogP contribution in [0.15, 0.2) is 64.6 Å². The number of benzene rings is 2. The Morgan fingerprint density at radius 1 is 0.783 bits per heavy atom. The van der Waals surface area contributed by atoms with Gasteiger partial charge in [-0.1, -0.05) is 61.4 Å². The van der Waals surface area contributed by atoms with E-state index in [1.807, 2.05) is 54.6 Å². The maximum atomic E-state index is 4.47. The van der Waals surface area contributed by atoms with Crippen LogP contribution >= 0.6 is 0 Å². The first-order valence-electron chi connectivity index (χ1n) is 8.23. The molecule has 0 heterocycles. The first kappa shape index (κ1) is 15.3. The van der Waals surface area contributed by atoms with E-state index in [2.05, 4.69) is 27.8 Å². The van der Waals surface area contributed by atoms with Crippen LogP contribution in [-0.4, -0.2) is 12.1 Å². The van der Waals surface area contributed by atoms with Crippen LogP contribution in [0.3, 0.4) is 0 Å². The third kappa shape index (κ3) is 4.68. The SMILES string of the molecule is C(=Nc1ccccc1C#Cc1ccccc1)=NC1CCCCC1. The molecule has 2 heteroatoms. The lowest BCUT2D eigenvalue weighted by atomic mass is 9.96. The number of rotatable bonds is 2. The van der Waals surface area contributed by atoms with Crippen LogP contribution in [0, 0.1) is 11.8 Å². The minimum absolute atomic E-state index is 0.398. The van der Waals surface area contributed by atoms with E-state index in [-0.39, 0.29) is 0 Å². The van der Waals surface area contributed by atoms with Crippen molar-refractivity contribution >= 4 is 11.7 Å². The molecule has 0 spiro atoms. The standard InChI is InChI=1S/C21H20N2/c1-3-9-18(10-4-1)15-16-19-11-7-8-14-21(19)23-17-22-20-12-5-2-6-13-20/h1,3-4,7-11,14,20H,2,5-6,12-13H2. The third-order valence-corrected chi connectivity index (χ3v) is 4.00. The van der Waals surface area contributed by atoms with E-state index in [9.17, 15) is 0 Å². The van der Waals surface area contributed by atoms with Crippen molar-refractivity contribution in [3.8, 4) is 11.8 Å². The Morgan fingerprint density at radius 3 is 2.35 bits per heavy atom. The Balaban J connectivity index is 1.78. The molecule has 1 saturated carbocycles. The molecule has 3 rings (SSSR count). The summed E-state index contributed by atoms with van der Waals surface area (Å²) in [4.78, 5) is 8.87. The first-order chi connectivity index (χ1) is 11.4. The molecule has 1 aliphatic carbocycles. The molecule has 2 aromatic carbocycles. The summed E-state index contributed by atoms with van der Waals surface area (Å²) >= 11 is 0. The Hall–Kier alpha value is -2.62. The summed E-state index contributed by atoms with van der Waals surface area (Å²) in [6, 6.07) is 21.2. The molecule has 0 bridgehead atoms. The van der Waals surface area contributed by atoms with Gasteiger partial charge in [0.15, 0.2) is 0 Å². The summed E-state index contributed by atoms with van der Waals surface area (Å²) < 4.78 is 0. The Morgan fingerprint density at radius 2 is 1.52 bits per heavy atom. The number of nitrogens with zero attached hydrogens (tertiary/aromatic N) is 2.